The molecule has 1 aromatic carbocycles. The summed E-state index contributed by atoms with van der Waals surface area (Å²) in [6.07, 6.45) is 2.69. The third-order valence-corrected chi connectivity index (χ3v) is 3.70. The number of anilines is 1. The van der Waals surface area contributed by atoms with Gasteiger partial charge in [0.25, 0.3) is 0 Å². The van der Waals surface area contributed by atoms with E-state index in [0.29, 0.717) is 0 Å². The fourth-order valence-corrected chi connectivity index (χ4v) is 2.13. The van der Waals surface area contributed by atoms with Crippen LogP contribution < -0.4 is 10.2 Å². The lowest BCUT2D eigenvalue weighted by Crippen LogP contribution is -2.23. The van der Waals surface area contributed by atoms with Gasteiger partial charge in [0.05, 0.1) is 6.61 Å². The zero-order valence-corrected chi connectivity index (χ0v) is 12.4. The van der Waals surface area contributed by atoms with Gasteiger partial charge in [-0.2, -0.15) is 0 Å². The summed E-state index contributed by atoms with van der Waals surface area (Å²) in [5.41, 5.74) is 4.05. The predicted octanol–water partition coefficient (Wildman–Crippen LogP) is 2.72. The minimum Gasteiger partial charge on any atom is -0.380 e. The van der Waals surface area contributed by atoms with Gasteiger partial charge in [0.15, 0.2) is 0 Å². The summed E-state index contributed by atoms with van der Waals surface area (Å²) in [6, 6.07) is 7.50. The van der Waals surface area contributed by atoms with E-state index in [0.717, 1.165) is 32.3 Å². The van der Waals surface area contributed by atoms with Crippen molar-refractivity contribution in [3.8, 4) is 0 Å². The van der Waals surface area contributed by atoms with Gasteiger partial charge >= 0.3 is 0 Å². The van der Waals surface area contributed by atoms with Crippen LogP contribution in [0.1, 0.15) is 30.9 Å². The highest BCUT2D eigenvalue weighted by atomic mass is 16.5. The third-order valence-electron chi connectivity index (χ3n) is 3.70. The first kappa shape index (κ1) is 14.4. The molecule has 0 unspecified atom stereocenters. The van der Waals surface area contributed by atoms with Crippen LogP contribution in [0.15, 0.2) is 18.2 Å². The fraction of sp³-hybridized carbons (Fsp3) is 0.625. The molecule has 2 rings (SSSR count). The largest absolute Gasteiger partial charge is 0.380 e. The minimum atomic E-state index is 0.771. The molecule has 0 bridgehead atoms. The molecule has 0 aliphatic heterocycles. The lowest BCUT2D eigenvalue weighted by Gasteiger charge is -2.20. The van der Waals surface area contributed by atoms with E-state index in [1.165, 1.54) is 29.7 Å². The maximum Gasteiger partial charge on any atom is 0.0641 e. The predicted molar refractivity (Wildman–Crippen MR) is 80.8 cm³/mol. The van der Waals surface area contributed by atoms with E-state index in [1.54, 1.807) is 0 Å². The van der Waals surface area contributed by atoms with Gasteiger partial charge in [-0.05, 0) is 49.9 Å². The van der Waals surface area contributed by atoms with Gasteiger partial charge in [0, 0.05) is 38.5 Å². The number of ether oxygens (including phenoxy) is 1. The summed E-state index contributed by atoms with van der Waals surface area (Å²) in [6.45, 7) is 7.75. The molecule has 0 aromatic heterocycles. The van der Waals surface area contributed by atoms with Gasteiger partial charge in [-0.25, -0.2) is 0 Å². The number of rotatable bonds is 8. The number of hydrogen-bond donors (Lipinski definition) is 1. The van der Waals surface area contributed by atoms with Gasteiger partial charge in [0.2, 0.25) is 0 Å². The highest BCUT2D eigenvalue weighted by Gasteiger charge is 2.20. The van der Waals surface area contributed by atoms with Crippen LogP contribution in [0.25, 0.3) is 0 Å². The Balaban J connectivity index is 1.88. The number of benzene rings is 1. The summed E-state index contributed by atoms with van der Waals surface area (Å²) in [4.78, 5) is 2.25. The van der Waals surface area contributed by atoms with Crippen LogP contribution in [0.4, 0.5) is 5.69 Å². The molecule has 1 aliphatic rings. The van der Waals surface area contributed by atoms with E-state index in [1.807, 2.05) is 6.92 Å². The second kappa shape index (κ2) is 6.92. The Morgan fingerprint density at radius 3 is 2.79 bits per heavy atom. The molecule has 1 fully saturated rings. The first-order chi connectivity index (χ1) is 9.20. The lowest BCUT2D eigenvalue weighted by atomic mass is 10.1. The van der Waals surface area contributed by atoms with Crippen molar-refractivity contribution in [2.45, 2.75) is 39.3 Å². The van der Waals surface area contributed by atoms with Gasteiger partial charge in [0.1, 0.15) is 0 Å². The molecule has 19 heavy (non-hydrogen) atoms. The molecular formula is C16H26N2O. The molecule has 0 heterocycles. The van der Waals surface area contributed by atoms with E-state index in [9.17, 15) is 0 Å². The smallest absolute Gasteiger partial charge is 0.0641 e. The van der Waals surface area contributed by atoms with Crippen molar-refractivity contribution in [3.05, 3.63) is 29.3 Å². The van der Waals surface area contributed by atoms with E-state index >= 15 is 0 Å². The minimum absolute atomic E-state index is 0.771. The number of aryl methyl sites for hydroxylation is 1. The van der Waals surface area contributed by atoms with E-state index in [-0.39, 0.29) is 0 Å². The van der Waals surface area contributed by atoms with Crippen LogP contribution in [-0.4, -0.2) is 32.8 Å². The molecule has 3 nitrogen and oxygen atoms in total. The maximum absolute atomic E-state index is 5.40. The topological polar surface area (TPSA) is 24.5 Å². The molecule has 0 radical (unpaired) electrons. The molecule has 0 amide bonds. The van der Waals surface area contributed by atoms with Gasteiger partial charge in [-0.1, -0.05) is 6.07 Å². The van der Waals surface area contributed by atoms with E-state index < -0.39 is 0 Å². The lowest BCUT2D eigenvalue weighted by molar-refractivity contribution is 0.154. The quantitative estimate of drug-likeness (QED) is 0.729. The second-order valence-electron chi connectivity index (χ2n) is 5.38. The Hall–Kier alpha value is -1.06. The molecule has 3 heteroatoms. The van der Waals surface area contributed by atoms with Crippen molar-refractivity contribution in [2.75, 3.05) is 31.7 Å². The average Bonchev–Trinajstić information content (AvgIpc) is 3.21. The summed E-state index contributed by atoms with van der Waals surface area (Å²) in [7, 11) is 2.12. The summed E-state index contributed by atoms with van der Waals surface area (Å²) < 4.78 is 5.40. The zero-order valence-electron chi connectivity index (χ0n) is 12.4. The van der Waals surface area contributed by atoms with Crippen molar-refractivity contribution in [1.82, 2.24) is 5.32 Å². The van der Waals surface area contributed by atoms with Crippen LogP contribution >= 0.6 is 0 Å². The molecule has 0 spiro atoms. The number of nitrogens with zero attached hydrogens (tertiary/aromatic N) is 1. The monoisotopic (exact) mass is 262 g/mol. The molecule has 1 aliphatic carbocycles. The first-order valence-corrected chi connectivity index (χ1v) is 7.32. The summed E-state index contributed by atoms with van der Waals surface area (Å²) in [5.74, 6) is 0. The van der Waals surface area contributed by atoms with Crippen LogP contribution in [0.5, 0.6) is 0 Å². The standard InChI is InChI=1S/C16H26N2O/c1-4-19-10-9-18(3)16-8-5-14(13(2)11-16)12-17-15-6-7-15/h5,8,11,15,17H,4,6-7,9-10,12H2,1-3H3. The van der Waals surface area contributed by atoms with Crippen molar-refractivity contribution in [3.63, 3.8) is 0 Å². The first-order valence-electron chi connectivity index (χ1n) is 7.32. The molecular weight excluding hydrogens is 236 g/mol. The fourth-order valence-electron chi connectivity index (χ4n) is 2.13. The Morgan fingerprint density at radius 2 is 2.16 bits per heavy atom. The number of hydrogen-bond acceptors (Lipinski definition) is 3. The molecule has 1 aromatic rings. The normalized spacial score (nSPS) is 14.7. The molecule has 1 saturated carbocycles. The third kappa shape index (κ3) is 4.51. The molecule has 106 valence electrons. The van der Waals surface area contributed by atoms with E-state index in [4.69, 9.17) is 4.74 Å². The Kier molecular flexibility index (Phi) is 5.23. The second-order valence-corrected chi connectivity index (χ2v) is 5.38. The van der Waals surface area contributed by atoms with Crippen LogP contribution in [0.3, 0.4) is 0 Å². The average molecular weight is 262 g/mol. The van der Waals surface area contributed by atoms with Gasteiger partial charge < -0.3 is 15.0 Å². The van der Waals surface area contributed by atoms with Crippen molar-refractivity contribution in [2.24, 2.45) is 0 Å². The molecule has 1 N–H and O–H groups in total. The Bertz CT molecular complexity index is 402. The number of likely N-dealkylation sites (N-methyl/N-ethyl adjacent to an activating group) is 1. The zero-order chi connectivity index (χ0) is 13.7. The number of nitrogens with one attached hydrogen (secondary N) is 1. The van der Waals surface area contributed by atoms with E-state index in [2.05, 4.69) is 42.4 Å². The maximum atomic E-state index is 5.40. The Labute approximate surface area is 116 Å². The highest BCUT2D eigenvalue weighted by Crippen LogP contribution is 2.22. The van der Waals surface area contributed by atoms with Crippen molar-refractivity contribution in [1.29, 1.82) is 0 Å². The van der Waals surface area contributed by atoms with Crippen molar-refractivity contribution < 1.29 is 4.74 Å². The van der Waals surface area contributed by atoms with Crippen LogP contribution in [-0.2, 0) is 11.3 Å². The SMILES string of the molecule is CCOCCN(C)c1ccc(CNC2CC2)c(C)c1. The van der Waals surface area contributed by atoms with Crippen LogP contribution in [0, 0.1) is 6.92 Å². The highest BCUT2D eigenvalue weighted by molar-refractivity contribution is 5.50. The van der Waals surface area contributed by atoms with Gasteiger partial charge in [-0.15, -0.1) is 0 Å². The summed E-state index contributed by atoms with van der Waals surface area (Å²) >= 11 is 0. The molecule has 0 atom stereocenters. The van der Waals surface area contributed by atoms with Crippen LogP contribution in [0.2, 0.25) is 0 Å². The summed E-state index contributed by atoms with van der Waals surface area (Å²) in [5, 5.41) is 3.57. The Morgan fingerprint density at radius 1 is 1.37 bits per heavy atom. The molecule has 0 saturated heterocycles. The van der Waals surface area contributed by atoms with Crippen molar-refractivity contribution >= 4 is 5.69 Å². The van der Waals surface area contributed by atoms with Gasteiger partial charge in [-0.3, -0.25) is 0 Å².